The van der Waals surface area contributed by atoms with E-state index in [0.717, 1.165) is 42.5 Å². The van der Waals surface area contributed by atoms with Crippen LogP contribution in [0.4, 0.5) is 13.2 Å². The van der Waals surface area contributed by atoms with Crippen LogP contribution in [0.2, 0.25) is 0 Å². The fourth-order valence-electron chi connectivity index (χ4n) is 2.94. The van der Waals surface area contributed by atoms with Crippen LogP contribution in [-0.4, -0.2) is 38.1 Å². The maximum atomic E-state index is 12.6. The van der Waals surface area contributed by atoms with Gasteiger partial charge in [0, 0.05) is 26.2 Å². The molecule has 0 heterocycles. The summed E-state index contributed by atoms with van der Waals surface area (Å²) in [6.45, 7) is 0.993. The number of benzene rings is 2. The van der Waals surface area contributed by atoms with E-state index in [-0.39, 0.29) is 12.5 Å². The van der Waals surface area contributed by atoms with Crippen molar-refractivity contribution in [2.75, 3.05) is 20.2 Å². The number of amides is 1. The molecule has 2 aromatic rings. The number of alkyl halides is 3. The Bertz CT molecular complexity index is 908. The predicted octanol–water partition coefficient (Wildman–Crippen LogP) is 3.27. The number of rotatable bonds is 9. The van der Waals surface area contributed by atoms with Gasteiger partial charge in [0.25, 0.3) is 5.91 Å². The number of guanidine groups is 1. The maximum Gasteiger partial charge on any atom is 0.416 e. The van der Waals surface area contributed by atoms with Gasteiger partial charge in [0.1, 0.15) is 5.75 Å². The molecule has 0 bridgehead atoms. The number of aliphatic imine (C=N–C) groups is 1. The second-order valence-electron chi connectivity index (χ2n) is 7.57. The van der Waals surface area contributed by atoms with E-state index >= 15 is 0 Å². The molecule has 6 nitrogen and oxygen atoms in total. The number of carbonyl (C=O) groups is 1. The Balaban J connectivity index is 1.36. The molecular formula is C23H27F3N4O2. The second-order valence-corrected chi connectivity index (χ2v) is 7.57. The van der Waals surface area contributed by atoms with Crippen molar-refractivity contribution in [3.8, 4) is 5.75 Å². The van der Waals surface area contributed by atoms with Gasteiger partial charge in [-0.25, -0.2) is 0 Å². The van der Waals surface area contributed by atoms with Crippen LogP contribution in [0.25, 0.3) is 0 Å². The summed E-state index contributed by atoms with van der Waals surface area (Å²) in [4.78, 5) is 15.8. The zero-order chi connectivity index (χ0) is 23.0. The zero-order valence-corrected chi connectivity index (χ0v) is 17.8. The first-order chi connectivity index (χ1) is 15.3. The van der Waals surface area contributed by atoms with E-state index in [0.29, 0.717) is 30.8 Å². The highest BCUT2D eigenvalue weighted by atomic mass is 19.4. The van der Waals surface area contributed by atoms with Crippen molar-refractivity contribution in [2.24, 2.45) is 4.99 Å². The Hall–Kier alpha value is -3.23. The summed E-state index contributed by atoms with van der Waals surface area (Å²) in [5, 5.41) is 9.14. The summed E-state index contributed by atoms with van der Waals surface area (Å²) in [6, 6.07) is 12.9. The second kappa shape index (κ2) is 10.9. The lowest BCUT2D eigenvalue weighted by atomic mass is 10.1. The van der Waals surface area contributed by atoms with E-state index in [1.165, 1.54) is 12.1 Å². The van der Waals surface area contributed by atoms with E-state index in [2.05, 4.69) is 20.9 Å². The largest absolute Gasteiger partial charge is 0.484 e. The molecule has 0 aliphatic heterocycles. The summed E-state index contributed by atoms with van der Waals surface area (Å²) < 4.78 is 43.4. The van der Waals surface area contributed by atoms with Crippen LogP contribution in [0.3, 0.4) is 0 Å². The van der Waals surface area contributed by atoms with E-state index in [1.807, 2.05) is 24.3 Å². The van der Waals surface area contributed by atoms with Crippen molar-refractivity contribution >= 4 is 11.9 Å². The minimum absolute atomic E-state index is 0.0122. The van der Waals surface area contributed by atoms with Gasteiger partial charge >= 0.3 is 6.18 Å². The summed E-state index contributed by atoms with van der Waals surface area (Å²) in [7, 11) is 1.63. The molecule has 1 amide bonds. The van der Waals surface area contributed by atoms with Gasteiger partial charge < -0.3 is 20.7 Å². The number of ether oxygens (including phenoxy) is 1. The van der Waals surface area contributed by atoms with Gasteiger partial charge in [-0.05, 0) is 54.7 Å². The number of carbonyl (C=O) groups excluding carboxylic acids is 1. The molecule has 0 saturated heterocycles. The number of halogens is 3. The number of hydrogen-bond donors (Lipinski definition) is 3. The van der Waals surface area contributed by atoms with Crippen molar-refractivity contribution < 1.29 is 22.7 Å². The van der Waals surface area contributed by atoms with E-state index in [4.69, 9.17) is 4.74 Å². The van der Waals surface area contributed by atoms with E-state index < -0.39 is 11.7 Å². The number of hydrogen-bond acceptors (Lipinski definition) is 3. The summed E-state index contributed by atoms with van der Waals surface area (Å²) in [5.41, 5.74) is 1.15. The Morgan fingerprint density at radius 2 is 1.69 bits per heavy atom. The maximum absolute atomic E-state index is 12.6. The van der Waals surface area contributed by atoms with Gasteiger partial charge in [-0.1, -0.05) is 24.3 Å². The first-order valence-electron chi connectivity index (χ1n) is 10.5. The predicted molar refractivity (Wildman–Crippen MR) is 116 cm³/mol. The third kappa shape index (κ3) is 7.79. The van der Waals surface area contributed by atoms with Crippen LogP contribution in [0.5, 0.6) is 5.75 Å². The molecular weight excluding hydrogens is 421 g/mol. The summed E-state index contributed by atoms with van der Waals surface area (Å²) in [5.74, 6) is 1.10. The Labute approximate surface area is 185 Å². The fraction of sp³-hybridized carbons (Fsp3) is 0.391. The fourth-order valence-corrected chi connectivity index (χ4v) is 2.94. The van der Waals surface area contributed by atoms with Gasteiger partial charge in [0.15, 0.2) is 12.6 Å². The molecule has 1 aliphatic carbocycles. The van der Waals surface area contributed by atoms with E-state index in [1.54, 1.807) is 7.05 Å². The average Bonchev–Trinajstić information content (AvgIpc) is 3.59. The minimum Gasteiger partial charge on any atom is -0.484 e. The van der Waals surface area contributed by atoms with Crippen molar-refractivity contribution in [1.29, 1.82) is 0 Å². The highest BCUT2D eigenvalue weighted by Gasteiger charge is 2.29. The lowest BCUT2D eigenvalue weighted by molar-refractivity contribution is -0.137. The third-order valence-electron chi connectivity index (χ3n) is 4.91. The molecule has 3 rings (SSSR count). The van der Waals surface area contributed by atoms with Crippen molar-refractivity contribution in [2.45, 2.75) is 38.0 Å². The summed E-state index contributed by atoms with van der Waals surface area (Å²) >= 11 is 0. The van der Waals surface area contributed by atoms with Gasteiger partial charge in [0.05, 0.1) is 5.56 Å². The molecule has 0 aromatic heterocycles. The average molecular weight is 448 g/mol. The van der Waals surface area contributed by atoms with Crippen molar-refractivity contribution in [3.05, 3.63) is 65.2 Å². The zero-order valence-electron chi connectivity index (χ0n) is 17.8. The molecule has 2 aromatic carbocycles. The minimum atomic E-state index is -4.33. The first kappa shape index (κ1) is 23.4. The number of nitrogens with zero attached hydrogens (tertiary/aromatic N) is 1. The molecule has 0 unspecified atom stereocenters. The van der Waals surface area contributed by atoms with Crippen LogP contribution >= 0.6 is 0 Å². The Morgan fingerprint density at radius 1 is 1.03 bits per heavy atom. The monoisotopic (exact) mass is 448 g/mol. The van der Waals surface area contributed by atoms with Gasteiger partial charge in [-0.3, -0.25) is 9.79 Å². The molecule has 9 heteroatoms. The van der Waals surface area contributed by atoms with Crippen LogP contribution in [0.1, 0.15) is 29.5 Å². The Morgan fingerprint density at radius 3 is 2.28 bits per heavy atom. The highest BCUT2D eigenvalue weighted by Crippen LogP contribution is 2.29. The molecule has 1 saturated carbocycles. The number of nitrogens with one attached hydrogen (secondary N) is 3. The van der Waals surface area contributed by atoms with Crippen LogP contribution < -0.4 is 20.7 Å². The third-order valence-corrected chi connectivity index (χ3v) is 4.91. The van der Waals surface area contributed by atoms with Crippen LogP contribution in [0, 0.1) is 0 Å². The molecule has 0 radical (unpaired) electrons. The first-order valence-corrected chi connectivity index (χ1v) is 10.5. The van der Waals surface area contributed by atoms with Crippen LogP contribution in [-0.2, 0) is 23.9 Å². The Kier molecular flexibility index (Phi) is 7.97. The van der Waals surface area contributed by atoms with Gasteiger partial charge in [-0.2, -0.15) is 13.2 Å². The summed E-state index contributed by atoms with van der Waals surface area (Å²) in [6.07, 6.45) is -1.50. The SMILES string of the molecule is CN=C(NCCc1ccc(OCC(=O)NC2CC2)cc1)NCc1ccc(C(F)(F)F)cc1. The molecule has 3 N–H and O–H groups in total. The normalized spacial score (nSPS) is 14.1. The standard InChI is InChI=1S/C23H27F3N4O2/c1-27-22(29-14-17-2-6-18(7-3-17)23(24,25)26)28-13-12-16-4-10-20(11-5-16)32-15-21(31)30-19-8-9-19/h2-7,10-11,19H,8-9,12-15H2,1H3,(H,30,31)(H2,27,28,29). The van der Waals surface area contributed by atoms with Crippen LogP contribution in [0.15, 0.2) is 53.5 Å². The smallest absolute Gasteiger partial charge is 0.416 e. The van der Waals surface area contributed by atoms with Gasteiger partial charge in [-0.15, -0.1) is 0 Å². The van der Waals surface area contributed by atoms with Gasteiger partial charge in [0.2, 0.25) is 0 Å². The molecule has 1 aliphatic rings. The lowest BCUT2D eigenvalue weighted by Crippen LogP contribution is -2.37. The topological polar surface area (TPSA) is 74.8 Å². The van der Waals surface area contributed by atoms with E-state index in [9.17, 15) is 18.0 Å². The molecule has 0 spiro atoms. The van der Waals surface area contributed by atoms with Crippen molar-refractivity contribution in [1.82, 2.24) is 16.0 Å². The molecule has 1 fully saturated rings. The van der Waals surface area contributed by atoms with Crippen molar-refractivity contribution in [3.63, 3.8) is 0 Å². The molecule has 32 heavy (non-hydrogen) atoms. The lowest BCUT2D eigenvalue weighted by Gasteiger charge is -2.13. The highest BCUT2D eigenvalue weighted by molar-refractivity contribution is 5.79. The molecule has 172 valence electrons. The molecule has 0 atom stereocenters. The quantitative estimate of drug-likeness (QED) is 0.407.